The van der Waals surface area contributed by atoms with Gasteiger partial charge in [-0.15, -0.1) is 0 Å². The Morgan fingerprint density at radius 1 is 0.960 bits per heavy atom. The topological polar surface area (TPSA) is 180 Å². The average molecular weight is 345 g/mol. The lowest BCUT2D eigenvalue weighted by Gasteiger charge is -2.11. The molecule has 2 heterocycles. The number of rotatable bonds is 3. The Labute approximate surface area is 136 Å². The summed E-state index contributed by atoms with van der Waals surface area (Å²) in [6.45, 7) is 0. The molecule has 1 aromatic carbocycles. The first-order chi connectivity index (χ1) is 11.7. The largest absolute Gasteiger partial charge is 0.384 e. The number of carbonyl (C=O) groups excluding carboxylic acids is 2. The number of nitro benzene ring substituents is 2. The third kappa shape index (κ3) is 2.28. The highest BCUT2D eigenvalue weighted by Crippen LogP contribution is 2.30. The third-order valence-electron chi connectivity index (χ3n) is 3.56. The van der Waals surface area contributed by atoms with Gasteiger partial charge in [0.2, 0.25) is 0 Å². The van der Waals surface area contributed by atoms with Crippen LogP contribution in [-0.4, -0.2) is 26.2 Å². The van der Waals surface area contributed by atoms with Crippen LogP contribution in [0.15, 0.2) is 29.1 Å². The molecule has 25 heavy (non-hydrogen) atoms. The Morgan fingerprint density at radius 3 is 2.20 bits per heavy atom. The molecule has 3 N–H and O–H groups in total. The lowest BCUT2D eigenvalue weighted by atomic mass is 10.1. The average Bonchev–Trinajstić information content (AvgIpc) is 2.81. The molecule has 12 nitrogen and oxygen atoms in total. The molecule has 0 atom stereocenters. The van der Waals surface area contributed by atoms with Gasteiger partial charge in [-0.25, -0.2) is 0 Å². The molecule has 2 amide bonds. The number of nitrogens with zero attached hydrogens (tertiary/aromatic N) is 3. The molecule has 1 aromatic heterocycles. The molecule has 0 spiro atoms. The van der Waals surface area contributed by atoms with E-state index in [9.17, 15) is 34.6 Å². The van der Waals surface area contributed by atoms with E-state index in [2.05, 4.69) is 0 Å². The van der Waals surface area contributed by atoms with Crippen molar-refractivity contribution in [2.75, 3.05) is 5.73 Å². The number of carbonyl (C=O) groups is 2. The zero-order chi connectivity index (χ0) is 18.5. The summed E-state index contributed by atoms with van der Waals surface area (Å²) in [6, 6.07) is 3.57. The predicted molar refractivity (Wildman–Crippen MR) is 81.6 cm³/mol. The fourth-order valence-electron chi connectivity index (χ4n) is 2.50. The van der Waals surface area contributed by atoms with Crippen LogP contribution in [-0.2, 0) is 0 Å². The van der Waals surface area contributed by atoms with Crippen LogP contribution >= 0.6 is 0 Å². The van der Waals surface area contributed by atoms with Crippen molar-refractivity contribution in [1.29, 1.82) is 0 Å². The maximum Gasteiger partial charge on any atom is 0.348 e. The Kier molecular flexibility index (Phi) is 3.30. The summed E-state index contributed by atoms with van der Waals surface area (Å²) in [6.07, 6.45) is 0. The smallest absolute Gasteiger partial charge is 0.348 e. The van der Waals surface area contributed by atoms with Gasteiger partial charge in [0, 0.05) is 18.2 Å². The summed E-state index contributed by atoms with van der Waals surface area (Å²) in [7, 11) is 0. The second kappa shape index (κ2) is 5.23. The van der Waals surface area contributed by atoms with Crippen LogP contribution in [0.2, 0.25) is 0 Å². The van der Waals surface area contributed by atoms with Crippen LogP contribution in [0.25, 0.3) is 5.69 Å². The van der Waals surface area contributed by atoms with Gasteiger partial charge >= 0.3 is 11.4 Å². The predicted octanol–water partition coefficient (Wildman–Crippen LogP) is 0.120. The molecular weight excluding hydrogens is 338 g/mol. The van der Waals surface area contributed by atoms with E-state index >= 15 is 0 Å². The maximum absolute atomic E-state index is 12.2. The molecule has 0 aliphatic carbocycles. The Balaban J connectivity index is 2.30. The van der Waals surface area contributed by atoms with Crippen LogP contribution in [0, 0.1) is 20.2 Å². The number of nitrogen functional groups attached to an aromatic ring is 1. The van der Waals surface area contributed by atoms with Gasteiger partial charge in [-0.05, 0) is 6.07 Å². The molecule has 2 aromatic rings. The normalized spacial score (nSPS) is 12.6. The molecule has 1 aliphatic heterocycles. The van der Waals surface area contributed by atoms with Gasteiger partial charge in [0.1, 0.15) is 5.82 Å². The molecule has 0 saturated heterocycles. The Morgan fingerprint density at radius 2 is 1.60 bits per heavy atom. The van der Waals surface area contributed by atoms with Crippen molar-refractivity contribution in [2.45, 2.75) is 0 Å². The van der Waals surface area contributed by atoms with Crippen LogP contribution < -0.4 is 16.6 Å². The maximum atomic E-state index is 12.2. The first-order valence-corrected chi connectivity index (χ1v) is 6.56. The van der Waals surface area contributed by atoms with E-state index in [-0.39, 0.29) is 16.8 Å². The Bertz CT molecular complexity index is 1060. The second-order valence-corrected chi connectivity index (χ2v) is 4.96. The van der Waals surface area contributed by atoms with Crippen LogP contribution in [0.4, 0.5) is 17.2 Å². The number of imide groups is 1. The standard InChI is InChI=1S/C13H7N5O7/c14-11-10-6(12(20)15-13(10)21)4-9(19)16(11)5-1-2-7(17(22)23)8(3-5)18(24)25/h1-4H,14H2,(H,15,20,21). The van der Waals surface area contributed by atoms with E-state index in [0.717, 1.165) is 28.8 Å². The minimum absolute atomic E-state index is 0.158. The molecule has 0 unspecified atom stereocenters. The quantitative estimate of drug-likeness (QED) is 0.446. The molecule has 0 saturated carbocycles. The number of nitrogens with two attached hydrogens (primary N) is 1. The molecular formula is C13H7N5O7. The summed E-state index contributed by atoms with van der Waals surface area (Å²) >= 11 is 0. The zero-order valence-corrected chi connectivity index (χ0v) is 12.1. The minimum Gasteiger partial charge on any atom is -0.384 e. The van der Waals surface area contributed by atoms with E-state index in [0.29, 0.717) is 0 Å². The SMILES string of the molecule is Nc1c2c(cc(=O)n1-c1ccc([N+](=O)[O-])c([N+](=O)[O-])c1)C(=O)NC2=O. The van der Waals surface area contributed by atoms with E-state index in [1.807, 2.05) is 5.32 Å². The van der Waals surface area contributed by atoms with Gasteiger partial charge in [-0.1, -0.05) is 0 Å². The molecule has 0 bridgehead atoms. The number of pyridine rings is 1. The van der Waals surface area contributed by atoms with E-state index < -0.39 is 44.4 Å². The van der Waals surface area contributed by atoms with Crippen molar-refractivity contribution in [3.05, 3.63) is 66.0 Å². The number of anilines is 1. The monoisotopic (exact) mass is 345 g/mol. The number of hydrogen-bond donors (Lipinski definition) is 2. The molecule has 0 radical (unpaired) electrons. The molecule has 3 rings (SSSR count). The van der Waals surface area contributed by atoms with Crippen LogP contribution in [0.1, 0.15) is 20.7 Å². The minimum atomic E-state index is -0.980. The van der Waals surface area contributed by atoms with Crippen molar-refractivity contribution in [3.8, 4) is 5.69 Å². The summed E-state index contributed by atoms with van der Waals surface area (Å²) in [4.78, 5) is 55.6. The Hall–Kier alpha value is -4.09. The highest BCUT2D eigenvalue weighted by Gasteiger charge is 2.32. The number of nitro groups is 2. The number of amides is 2. The number of nitrogens with one attached hydrogen (secondary N) is 1. The number of benzene rings is 1. The fourth-order valence-corrected chi connectivity index (χ4v) is 2.50. The van der Waals surface area contributed by atoms with Gasteiger partial charge in [0.05, 0.1) is 26.7 Å². The highest BCUT2D eigenvalue weighted by molar-refractivity contribution is 6.23. The lowest BCUT2D eigenvalue weighted by Crippen LogP contribution is -2.24. The lowest BCUT2D eigenvalue weighted by molar-refractivity contribution is -0.422. The van der Waals surface area contributed by atoms with E-state index in [1.54, 1.807) is 0 Å². The van der Waals surface area contributed by atoms with Gasteiger partial charge in [0.25, 0.3) is 17.4 Å². The summed E-state index contributed by atoms with van der Waals surface area (Å²) in [5, 5.41) is 23.9. The first-order valence-electron chi connectivity index (χ1n) is 6.56. The van der Waals surface area contributed by atoms with Gasteiger partial charge in [-0.2, -0.15) is 0 Å². The van der Waals surface area contributed by atoms with Crippen LogP contribution in [0.3, 0.4) is 0 Å². The molecule has 12 heteroatoms. The number of fused-ring (bicyclic) bond motifs is 1. The first kappa shape index (κ1) is 15.8. The zero-order valence-electron chi connectivity index (χ0n) is 12.1. The van der Waals surface area contributed by atoms with Crippen molar-refractivity contribution in [1.82, 2.24) is 9.88 Å². The number of hydrogen-bond acceptors (Lipinski definition) is 8. The second-order valence-electron chi connectivity index (χ2n) is 4.96. The summed E-state index contributed by atoms with van der Waals surface area (Å²) in [5.74, 6) is -2.01. The van der Waals surface area contributed by atoms with Crippen molar-refractivity contribution in [3.63, 3.8) is 0 Å². The van der Waals surface area contributed by atoms with E-state index in [4.69, 9.17) is 5.73 Å². The number of aromatic nitrogens is 1. The summed E-state index contributed by atoms with van der Waals surface area (Å²) < 4.78 is 0.758. The van der Waals surface area contributed by atoms with Crippen LogP contribution in [0.5, 0.6) is 0 Å². The van der Waals surface area contributed by atoms with Gasteiger partial charge in [-0.3, -0.25) is 44.5 Å². The van der Waals surface area contributed by atoms with Gasteiger partial charge in [0.15, 0.2) is 0 Å². The summed E-state index contributed by atoms with van der Waals surface area (Å²) in [5.41, 5.74) is 2.73. The van der Waals surface area contributed by atoms with Crippen molar-refractivity contribution < 1.29 is 19.4 Å². The van der Waals surface area contributed by atoms with E-state index in [1.165, 1.54) is 0 Å². The highest BCUT2D eigenvalue weighted by atomic mass is 16.6. The third-order valence-corrected chi connectivity index (χ3v) is 3.56. The van der Waals surface area contributed by atoms with Crippen molar-refractivity contribution >= 4 is 29.0 Å². The molecule has 126 valence electrons. The fraction of sp³-hybridized carbons (Fsp3) is 0. The molecule has 1 aliphatic rings. The molecule has 0 fully saturated rings. The van der Waals surface area contributed by atoms with Gasteiger partial charge < -0.3 is 5.73 Å². The van der Waals surface area contributed by atoms with Crippen molar-refractivity contribution in [2.24, 2.45) is 0 Å².